The van der Waals surface area contributed by atoms with Crippen LogP contribution >= 0.6 is 59.7 Å². The molecule has 2 aromatic carbocycles. The van der Waals surface area contributed by atoms with Crippen LogP contribution in [0.1, 0.15) is 87.3 Å². The molecule has 6 rings (SSSR count). The SMILES string of the molecule is CC(C)(C)SSc1ccccc1CCO[P+](=O)OC[C@H]1O[C@@](C)(C2C=CC(=O)NC2=O)[C@H](F)[C@@H]1O.CC(C)(C)SSc1ccccc1CCO[P+](=O)[O-].CC[NH+](CC)CC.C[C@@]1(n2ccc(=O)[nH]c2=O)O[C@H](CO)[C@@H](O)[C@H]1F. The second kappa shape index (κ2) is 32.6. The van der Waals surface area contributed by atoms with Gasteiger partial charge in [0.15, 0.2) is 18.1 Å². The lowest BCUT2D eigenvalue weighted by Gasteiger charge is -2.33. The standard InChI is InChI=1S/C23H29FNO7PS2.C12H17O3PS2.C10H13FN2O5.C6H15N/c1-22(2,3)35-34-17-8-6-5-7-14(17)11-12-30-33(29)31-13-16-19(27)20(24)23(4,32-16)15-9-10-18(26)25-21(15)28;1-12(2,3)18-17-11-7-5-4-6-10(11)8-9-15-16(13)14;1-10(8(11)7(16)5(4-14)18-10)13-3-2-6(15)12-9(13)17;1-4-7(5-2)6-3/h5-10,15-16,19-20,27H,11-13H2,1-4H3;4-7H,8-9H2,1-3H3;2-3,5,7-8,14,16H,4H2,1H3,(H,12,15,17);4-6H2,1-3H3/p+2/t15?,16-,19-,20-,23+;;5-,7-,8-,10-;/m1.1./s1. The van der Waals surface area contributed by atoms with Gasteiger partial charge in [-0.3, -0.25) is 29.3 Å². The number of halogens is 2. The summed E-state index contributed by atoms with van der Waals surface area (Å²) in [5.41, 5.74) is -2.77. The van der Waals surface area contributed by atoms with Crippen LogP contribution in [0.5, 0.6) is 0 Å². The van der Waals surface area contributed by atoms with E-state index in [9.17, 15) is 52.2 Å². The lowest BCUT2D eigenvalue weighted by molar-refractivity contribution is -0.894. The molecule has 6 N–H and O–H groups in total. The van der Waals surface area contributed by atoms with Crippen molar-refractivity contribution in [2.45, 2.75) is 156 Å². The maximum atomic E-state index is 14.9. The monoisotopic (exact) mass is 1210 g/mol. The van der Waals surface area contributed by atoms with Crippen LogP contribution < -0.4 is 26.4 Å². The third kappa shape index (κ3) is 21.8. The largest absolute Gasteiger partial charge is 0.697 e. The number of ether oxygens (including phenoxy) is 2. The van der Waals surface area contributed by atoms with Crippen LogP contribution in [0, 0.1) is 5.92 Å². The lowest BCUT2D eigenvalue weighted by Crippen LogP contribution is -3.11. The summed E-state index contributed by atoms with van der Waals surface area (Å²) in [6.07, 6.45) is -4.68. The minimum atomic E-state index is -2.74. The molecule has 3 unspecified atom stereocenters. The number of hydrogen-bond acceptors (Lipinski definition) is 19. The number of rotatable bonds is 21. The van der Waals surface area contributed by atoms with Crippen LogP contribution in [0.3, 0.4) is 0 Å². The molecule has 0 spiro atoms. The van der Waals surface area contributed by atoms with Gasteiger partial charge in [0.2, 0.25) is 11.8 Å². The molecule has 2 amide bonds. The Bertz CT molecular complexity index is 2570. The topological polar surface area (TPSA) is 270 Å². The molecule has 19 nitrogen and oxygen atoms in total. The van der Waals surface area contributed by atoms with Crippen molar-refractivity contribution in [3.05, 3.63) is 105 Å². The summed E-state index contributed by atoms with van der Waals surface area (Å²) in [6, 6.07) is 16.9. The molecule has 0 aliphatic carbocycles. The third-order valence-electron chi connectivity index (χ3n) is 12.0. The maximum Gasteiger partial charge on any atom is 0.697 e. The fourth-order valence-electron chi connectivity index (χ4n) is 7.68. The molecule has 436 valence electrons. The number of aliphatic hydroxyl groups excluding tert-OH is 3. The van der Waals surface area contributed by atoms with Crippen molar-refractivity contribution >= 4 is 71.5 Å². The zero-order valence-corrected chi connectivity index (χ0v) is 50.9. The van der Waals surface area contributed by atoms with Gasteiger partial charge in [-0.15, -0.1) is 13.6 Å². The summed E-state index contributed by atoms with van der Waals surface area (Å²) in [7, 11) is 1.67. The molecule has 0 bridgehead atoms. The average molecular weight is 1210 g/mol. The van der Waals surface area contributed by atoms with Crippen LogP contribution in [0.4, 0.5) is 8.78 Å². The van der Waals surface area contributed by atoms with E-state index in [-0.39, 0.29) is 22.7 Å². The molecule has 4 heterocycles. The summed E-state index contributed by atoms with van der Waals surface area (Å²) in [4.78, 5) is 62.3. The van der Waals surface area contributed by atoms with Crippen LogP contribution in [0.15, 0.2) is 92.3 Å². The predicted molar refractivity (Wildman–Crippen MR) is 300 cm³/mol. The van der Waals surface area contributed by atoms with Crippen LogP contribution in [-0.4, -0.2) is 135 Å². The summed E-state index contributed by atoms with van der Waals surface area (Å²) >= 11 is 0. The Morgan fingerprint density at radius 1 is 0.769 bits per heavy atom. The second-order valence-corrected chi connectivity index (χ2v) is 27.8. The molecule has 3 aliphatic heterocycles. The molecule has 27 heteroatoms. The highest BCUT2D eigenvalue weighted by atomic mass is 33.1. The van der Waals surface area contributed by atoms with E-state index in [1.54, 1.807) is 48.1 Å². The number of H-pyrrole nitrogens is 1. The van der Waals surface area contributed by atoms with Crippen molar-refractivity contribution in [2.24, 2.45) is 5.92 Å². The van der Waals surface area contributed by atoms with E-state index in [1.165, 1.54) is 44.5 Å². The number of quaternary nitrogens is 1. The molecule has 3 aromatic rings. The first-order valence-electron chi connectivity index (χ1n) is 25.2. The van der Waals surface area contributed by atoms with Crippen LogP contribution in [0.2, 0.25) is 0 Å². The number of carbonyl (C=O) groups is 2. The Morgan fingerprint density at radius 2 is 1.28 bits per heavy atom. The zero-order valence-electron chi connectivity index (χ0n) is 45.8. The van der Waals surface area contributed by atoms with E-state index in [1.807, 2.05) is 47.4 Å². The third-order valence-corrected chi connectivity index (χ3v) is 20.0. The minimum Gasteiger partial charge on any atom is -0.566 e. The van der Waals surface area contributed by atoms with Crippen LogP contribution in [-0.2, 0) is 60.3 Å². The van der Waals surface area contributed by atoms with Gasteiger partial charge in [0.1, 0.15) is 49.8 Å². The smallest absolute Gasteiger partial charge is 0.566 e. The Balaban J connectivity index is 0.000000312. The van der Waals surface area contributed by atoms with E-state index in [2.05, 4.69) is 78.2 Å². The van der Waals surface area contributed by atoms with E-state index in [0.717, 1.165) is 38.9 Å². The first-order chi connectivity index (χ1) is 36.5. The number of carbonyl (C=O) groups excluding carboxylic acids is 2. The van der Waals surface area contributed by atoms with Gasteiger partial charge in [0.25, 0.3) is 5.56 Å². The van der Waals surface area contributed by atoms with Gasteiger partial charge in [0.05, 0.1) is 32.2 Å². The number of nitrogens with one attached hydrogen (secondary N) is 3. The van der Waals surface area contributed by atoms with E-state index < -0.39 is 107 Å². The fourth-order valence-corrected chi connectivity index (χ4v) is 13.0. The predicted octanol–water partition coefficient (Wildman–Crippen LogP) is 6.18. The summed E-state index contributed by atoms with van der Waals surface area (Å²) in [6.45, 7) is 25.4. The first kappa shape index (κ1) is 69.3. The molecule has 0 saturated carbocycles. The van der Waals surface area contributed by atoms with Crippen LogP contribution in [0.25, 0.3) is 0 Å². The first-order valence-corrected chi connectivity index (χ1v) is 31.7. The minimum absolute atomic E-state index is 0.0987. The van der Waals surface area contributed by atoms with Gasteiger partial charge in [0, 0.05) is 55.0 Å². The van der Waals surface area contributed by atoms with Crippen molar-refractivity contribution in [2.75, 3.05) is 46.1 Å². The highest BCUT2D eigenvalue weighted by Crippen LogP contribution is 2.44. The van der Waals surface area contributed by atoms with Crippen molar-refractivity contribution in [1.82, 2.24) is 14.9 Å². The van der Waals surface area contributed by atoms with Gasteiger partial charge in [-0.05, 0) is 62.4 Å². The highest BCUT2D eigenvalue weighted by Gasteiger charge is 2.59. The average Bonchev–Trinajstić information content (AvgIpc) is 3.79. The quantitative estimate of drug-likeness (QED) is 0.0395. The number of hydrogen-bond donors (Lipinski definition) is 6. The Morgan fingerprint density at radius 3 is 1.73 bits per heavy atom. The number of aromatic amines is 1. The molecule has 11 atom stereocenters. The summed E-state index contributed by atoms with van der Waals surface area (Å²) < 4.78 is 78.5. The Hall–Kier alpha value is -2.94. The molecular weight excluding hydrogens is 1140 g/mol. The van der Waals surface area contributed by atoms with E-state index in [4.69, 9.17) is 23.6 Å². The lowest BCUT2D eigenvalue weighted by atomic mass is 9.82. The van der Waals surface area contributed by atoms with Gasteiger partial charge >= 0.3 is 22.2 Å². The fraction of sp³-hybridized carbons (Fsp3) is 0.608. The molecule has 78 heavy (non-hydrogen) atoms. The number of alkyl halides is 2. The van der Waals surface area contributed by atoms with Gasteiger partial charge < -0.3 is 34.6 Å². The van der Waals surface area contributed by atoms with Gasteiger partial charge in [-0.2, -0.15) is 0 Å². The zero-order chi connectivity index (χ0) is 58.6. The van der Waals surface area contributed by atoms with Crippen molar-refractivity contribution < 1.29 is 75.7 Å². The van der Waals surface area contributed by atoms with Gasteiger partial charge in [-0.1, -0.05) is 127 Å². The second-order valence-electron chi connectivity index (χ2n) is 20.2. The summed E-state index contributed by atoms with van der Waals surface area (Å²) in [5, 5.41) is 30.9. The van der Waals surface area contributed by atoms with Crippen molar-refractivity contribution in [3.8, 4) is 0 Å². The Labute approximate surface area is 472 Å². The van der Waals surface area contributed by atoms with Crippen molar-refractivity contribution in [3.63, 3.8) is 0 Å². The number of imide groups is 1. The molecule has 2 saturated heterocycles. The van der Waals surface area contributed by atoms with Crippen molar-refractivity contribution in [1.29, 1.82) is 0 Å². The van der Waals surface area contributed by atoms with E-state index >= 15 is 0 Å². The summed E-state index contributed by atoms with van der Waals surface area (Å²) in [5.74, 6) is -2.44. The number of nitrogens with zero attached hydrogens (tertiary/aromatic N) is 1. The number of amides is 2. The molecule has 2 fully saturated rings. The number of aromatic nitrogens is 2. The maximum absolute atomic E-state index is 14.9. The molecule has 3 aliphatic rings. The molecular formula is C51H76F2N4O15P2S4+2. The normalized spacial score (nSPS) is 25.3. The number of aliphatic hydroxyl groups is 3. The molecule has 0 radical (unpaired) electrons. The Kier molecular flexibility index (Phi) is 29.0. The highest BCUT2D eigenvalue weighted by molar-refractivity contribution is 8.77. The number of benzene rings is 2. The van der Waals surface area contributed by atoms with Gasteiger partial charge in [-0.25, -0.2) is 13.6 Å². The van der Waals surface area contributed by atoms with E-state index in [0.29, 0.717) is 12.8 Å². The molecule has 1 aromatic heterocycles.